The van der Waals surface area contributed by atoms with Gasteiger partial charge in [-0.3, -0.25) is 9.59 Å². The maximum Gasteiger partial charge on any atom is 0.306 e. The van der Waals surface area contributed by atoms with E-state index in [0.29, 0.717) is 19.7 Å². The number of carbonyl (C=O) groups excluding carboxylic acids is 2. The molecule has 5 nitrogen and oxygen atoms in total. The minimum atomic E-state index is -0.348. The Bertz CT molecular complexity index is 663. The molecule has 24 heavy (non-hydrogen) atoms. The molecule has 0 N–H and O–H groups in total. The molecule has 0 bridgehead atoms. The summed E-state index contributed by atoms with van der Waals surface area (Å²) in [5.41, 5.74) is 1.03. The molecule has 0 aliphatic carbocycles. The summed E-state index contributed by atoms with van der Waals surface area (Å²) in [5, 5.41) is 0. The van der Waals surface area contributed by atoms with Gasteiger partial charge in [0, 0.05) is 13.0 Å². The third-order valence-corrected chi connectivity index (χ3v) is 3.56. The minimum Gasteiger partial charge on any atom is -0.466 e. The molecule has 2 rings (SSSR count). The predicted molar refractivity (Wildman–Crippen MR) is 90.0 cm³/mol. The van der Waals surface area contributed by atoms with Crippen LogP contribution in [0.25, 0.3) is 0 Å². The quantitative estimate of drug-likeness (QED) is 0.696. The second-order valence-electron chi connectivity index (χ2n) is 5.55. The lowest BCUT2D eigenvalue weighted by Gasteiger charge is -2.22. The first-order valence-electron chi connectivity index (χ1n) is 8.11. The number of nitrogens with zero attached hydrogens (tertiary/aromatic N) is 1. The van der Waals surface area contributed by atoms with E-state index in [4.69, 9.17) is 9.15 Å². The number of aryl methyl sites for hydroxylation is 1. The van der Waals surface area contributed by atoms with Crippen LogP contribution in [0.3, 0.4) is 0 Å². The average Bonchev–Trinajstić information content (AvgIpc) is 2.98. The predicted octanol–water partition coefficient (Wildman–Crippen LogP) is 3.46. The minimum absolute atomic E-state index is 0.0924. The summed E-state index contributed by atoms with van der Waals surface area (Å²) in [5.74, 6) is 1.09. The van der Waals surface area contributed by atoms with E-state index in [1.54, 1.807) is 11.8 Å². The molecular weight excluding hydrogens is 306 g/mol. The molecule has 0 aliphatic rings. The topological polar surface area (TPSA) is 59.8 Å². The smallest absolute Gasteiger partial charge is 0.306 e. The molecule has 0 radical (unpaired) electrons. The maximum absolute atomic E-state index is 12.5. The summed E-state index contributed by atoms with van der Waals surface area (Å²) in [6, 6.07) is 13.5. The van der Waals surface area contributed by atoms with Crippen molar-refractivity contribution in [2.75, 3.05) is 6.61 Å². The number of hydrogen-bond acceptors (Lipinski definition) is 4. The van der Waals surface area contributed by atoms with Crippen molar-refractivity contribution >= 4 is 11.9 Å². The van der Waals surface area contributed by atoms with Crippen LogP contribution in [0.5, 0.6) is 0 Å². The molecule has 1 aromatic heterocycles. The average molecular weight is 329 g/mol. The van der Waals surface area contributed by atoms with Gasteiger partial charge in [-0.2, -0.15) is 0 Å². The molecular formula is C19H23NO4. The fourth-order valence-corrected chi connectivity index (χ4v) is 2.39. The van der Waals surface area contributed by atoms with Crippen molar-refractivity contribution < 1.29 is 18.7 Å². The van der Waals surface area contributed by atoms with E-state index in [1.807, 2.05) is 49.4 Å². The Morgan fingerprint density at radius 2 is 1.79 bits per heavy atom. The van der Waals surface area contributed by atoms with Crippen LogP contribution in [0.4, 0.5) is 0 Å². The van der Waals surface area contributed by atoms with Crippen LogP contribution < -0.4 is 0 Å². The van der Waals surface area contributed by atoms with Crippen molar-refractivity contribution in [1.29, 1.82) is 0 Å². The first-order valence-corrected chi connectivity index (χ1v) is 8.11. The summed E-state index contributed by atoms with van der Waals surface area (Å²) in [6.07, 6.45) is 0.223. The second kappa shape index (κ2) is 8.91. The summed E-state index contributed by atoms with van der Waals surface area (Å²) in [7, 11) is 0. The van der Waals surface area contributed by atoms with Gasteiger partial charge in [0.2, 0.25) is 5.91 Å². The van der Waals surface area contributed by atoms with Crippen LogP contribution in [0.1, 0.15) is 36.8 Å². The van der Waals surface area contributed by atoms with E-state index >= 15 is 0 Å². The zero-order chi connectivity index (χ0) is 17.4. The molecule has 2 aromatic rings. The highest BCUT2D eigenvalue weighted by atomic mass is 16.5. The molecule has 1 heterocycles. The van der Waals surface area contributed by atoms with Crippen LogP contribution in [-0.4, -0.2) is 23.4 Å². The monoisotopic (exact) mass is 329 g/mol. The lowest BCUT2D eigenvalue weighted by Crippen LogP contribution is -2.30. The Labute approximate surface area is 142 Å². The van der Waals surface area contributed by atoms with Crippen LogP contribution in [0, 0.1) is 6.92 Å². The van der Waals surface area contributed by atoms with Gasteiger partial charge in [-0.25, -0.2) is 0 Å². The van der Waals surface area contributed by atoms with E-state index in [9.17, 15) is 9.59 Å². The van der Waals surface area contributed by atoms with Gasteiger partial charge in [0.1, 0.15) is 11.5 Å². The van der Waals surface area contributed by atoms with Crippen LogP contribution in [0.2, 0.25) is 0 Å². The summed E-state index contributed by atoms with van der Waals surface area (Å²) in [4.78, 5) is 25.7. The largest absolute Gasteiger partial charge is 0.466 e. The fraction of sp³-hybridized carbons (Fsp3) is 0.368. The summed E-state index contributed by atoms with van der Waals surface area (Å²) < 4.78 is 10.5. The van der Waals surface area contributed by atoms with E-state index in [0.717, 1.165) is 17.1 Å². The van der Waals surface area contributed by atoms with Crippen molar-refractivity contribution in [2.45, 2.75) is 39.8 Å². The van der Waals surface area contributed by atoms with E-state index in [-0.39, 0.29) is 24.7 Å². The second-order valence-corrected chi connectivity index (χ2v) is 5.55. The van der Waals surface area contributed by atoms with Crippen LogP contribution in [-0.2, 0) is 27.4 Å². The van der Waals surface area contributed by atoms with Crippen LogP contribution in [0.15, 0.2) is 46.9 Å². The highest BCUT2D eigenvalue weighted by Crippen LogP contribution is 2.14. The number of rotatable bonds is 8. The van der Waals surface area contributed by atoms with Gasteiger partial charge in [-0.1, -0.05) is 30.3 Å². The zero-order valence-corrected chi connectivity index (χ0v) is 14.2. The molecule has 0 aliphatic heterocycles. The van der Waals surface area contributed by atoms with Gasteiger partial charge in [-0.05, 0) is 31.5 Å². The SMILES string of the molecule is CCOC(=O)CCC(=O)N(Cc1ccccc1)Cc1ccc(C)o1. The number of esters is 1. The van der Waals surface area contributed by atoms with Gasteiger partial charge in [0.25, 0.3) is 0 Å². The molecule has 0 saturated heterocycles. The lowest BCUT2D eigenvalue weighted by atomic mass is 10.2. The molecule has 0 spiro atoms. The summed E-state index contributed by atoms with van der Waals surface area (Å²) >= 11 is 0. The fourth-order valence-electron chi connectivity index (χ4n) is 2.39. The van der Waals surface area contributed by atoms with Gasteiger partial charge < -0.3 is 14.1 Å². The van der Waals surface area contributed by atoms with Gasteiger partial charge >= 0.3 is 5.97 Å². The first-order chi connectivity index (χ1) is 11.6. The number of carbonyl (C=O) groups is 2. The molecule has 0 atom stereocenters. The summed E-state index contributed by atoms with van der Waals surface area (Å²) in [6.45, 7) is 4.80. The van der Waals surface area contributed by atoms with Crippen molar-refractivity contribution in [3.05, 3.63) is 59.5 Å². The Balaban J connectivity index is 2.03. The Morgan fingerprint density at radius 1 is 1.04 bits per heavy atom. The molecule has 1 aromatic carbocycles. The normalized spacial score (nSPS) is 10.4. The van der Waals surface area contributed by atoms with Crippen molar-refractivity contribution in [3.63, 3.8) is 0 Å². The van der Waals surface area contributed by atoms with E-state index < -0.39 is 0 Å². The third kappa shape index (κ3) is 5.57. The standard InChI is InChI=1S/C19H23NO4/c1-3-23-19(22)12-11-18(21)20(13-16-7-5-4-6-8-16)14-17-10-9-15(2)24-17/h4-10H,3,11-14H2,1-2H3. The Morgan fingerprint density at radius 3 is 2.42 bits per heavy atom. The highest BCUT2D eigenvalue weighted by Gasteiger charge is 2.17. The van der Waals surface area contributed by atoms with Crippen LogP contribution >= 0.6 is 0 Å². The van der Waals surface area contributed by atoms with E-state index in [2.05, 4.69) is 0 Å². The molecule has 0 fully saturated rings. The maximum atomic E-state index is 12.5. The molecule has 1 amide bonds. The molecule has 5 heteroatoms. The van der Waals surface area contributed by atoms with Crippen molar-refractivity contribution in [3.8, 4) is 0 Å². The molecule has 0 saturated carbocycles. The third-order valence-electron chi connectivity index (χ3n) is 3.56. The number of amides is 1. The molecule has 128 valence electrons. The zero-order valence-electron chi connectivity index (χ0n) is 14.2. The number of furan rings is 1. The first kappa shape index (κ1) is 17.8. The van der Waals surface area contributed by atoms with E-state index in [1.165, 1.54) is 0 Å². The number of ether oxygens (including phenoxy) is 1. The highest BCUT2D eigenvalue weighted by molar-refractivity contribution is 5.81. The van der Waals surface area contributed by atoms with Crippen molar-refractivity contribution in [1.82, 2.24) is 4.90 Å². The number of hydrogen-bond donors (Lipinski definition) is 0. The number of benzene rings is 1. The van der Waals surface area contributed by atoms with Gasteiger partial charge in [0.05, 0.1) is 19.6 Å². The van der Waals surface area contributed by atoms with Gasteiger partial charge in [0.15, 0.2) is 0 Å². The molecule has 0 unspecified atom stereocenters. The van der Waals surface area contributed by atoms with Gasteiger partial charge in [-0.15, -0.1) is 0 Å². The Kier molecular flexibility index (Phi) is 6.61. The Hall–Kier alpha value is -2.56. The lowest BCUT2D eigenvalue weighted by molar-refractivity contribution is -0.146. The van der Waals surface area contributed by atoms with Crippen molar-refractivity contribution in [2.24, 2.45) is 0 Å².